The second kappa shape index (κ2) is 6.80. The standard InChI is InChI=1S/C21H19N5/c1-3-7-18-15(2)24-21-19(16-8-5-4-6-9-16)14-23-26(21)20(18)25-17-10-12-22-13-11-17/h3-6,8-14H,1,7H2,2H3,(H,22,25). The molecule has 0 fully saturated rings. The molecule has 0 unspecified atom stereocenters. The summed E-state index contributed by atoms with van der Waals surface area (Å²) in [6.07, 6.45) is 7.99. The molecule has 128 valence electrons. The Labute approximate surface area is 152 Å². The molecular formula is C21H19N5. The van der Waals surface area contributed by atoms with Crippen molar-refractivity contribution >= 4 is 17.2 Å². The fourth-order valence-corrected chi connectivity index (χ4v) is 3.05. The Balaban J connectivity index is 1.93. The van der Waals surface area contributed by atoms with Gasteiger partial charge in [-0.2, -0.15) is 9.61 Å². The molecule has 0 bridgehead atoms. The van der Waals surface area contributed by atoms with Crippen molar-refractivity contribution in [3.63, 3.8) is 0 Å². The summed E-state index contributed by atoms with van der Waals surface area (Å²) in [5.41, 5.74) is 5.93. The maximum absolute atomic E-state index is 4.83. The van der Waals surface area contributed by atoms with Crippen molar-refractivity contribution in [1.82, 2.24) is 19.6 Å². The Morgan fingerprint density at radius 1 is 1.12 bits per heavy atom. The molecule has 4 aromatic rings. The summed E-state index contributed by atoms with van der Waals surface area (Å²) >= 11 is 0. The lowest BCUT2D eigenvalue weighted by Crippen LogP contribution is -2.08. The predicted octanol–water partition coefficient (Wildman–Crippen LogP) is 4.57. The van der Waals surface area contributed by atoms with Gasteiger partial charge in [-0.15, -0.1) is 6.58 Å². The van der Waals surface area contributed by atoms with Crippen LogP contribution in [0.5, 0.6) is 0 Å². The maximum Gasteiger partial charge on any atom is 0.165 e. The number of hydrogen-bond donors (Lipinski definition) is 1. The lowest BCUT2D eigenvalue weighted by atomic mass is 10.1. The summed E-state index contributed by atoms with van der Waals surface area (Å²) in [6.45, 7) is 5.91. The van der Waals surface area contributed by atoms with Gasteiger partial charge in [0, 0.05) is 34.9 Å². The van der Waals surface area contributed by atoms with Crippen LogP contribution in [-0.2, 0) is 6.42 Å². The van der Waals surface area contributed by atoms with Gasteiger partial charge in [0.25, 0.3) is 0 Å². The maximum atomic E-state index is 4.83. The van der Waals surface area contributed by atoms with E-state index in [1.165, 1.54) is 0 Å². The van der Waals surface area contributed by atoms with Crippen molar-refractivity contribution in [2.75, 3.05) is 5.32 Å². The molecule has 4 rings (SSSR count). The summed E-state index contributed by atoms with van der Waals surface area (Å²) in [7, 11) is 0. The van der Waals surface area contributed by atoms with E-state index in [2.05, 4.69) is 34.1 Å². The Hall–Kier alpha value is -3.47. The van der Waals surface area contributed by atoms with Crippen LogP contribution in [0.2, 0.25) is 0 Å². The van der Waals surface area contributed by atoms with Crippen molar-refractivity contribution in [1.29, 1.82) is 0 Å². The van der Waals surface area contributed by atoms with Gasteiger partial charge in [-0.3, -0.25) is 4.98 Å². The number of benzene rings is 1. The molecule has 0 aliphatic heterocycles. The Kier molecular flexibility index (Phi) is 4.19. The van der Waals surface area contributed by atoms with Crippen LogP contribution in [0.25, 0.3) is 16.8 Å². The Morgan fingerprint density at radius 2 is 1.88 bits per heavy atom. The minimum Gasteiger partial charge on any atom is -0.340 e. The van der Waals surface area contributed by atoms with E-state index in [4.69, 9.17) is 4.98 Å². The lowest BCUT2D eigenvalue weighted by molar-refractivity contribution is 0.915. The highest BCUT2D eigenvalue weighted by Crippen LogP contribution is 2.30. The fourth-order valence-electron chi connectivity index (χ4n) is 3.05. The van der Waals surface area contributed by atoms with Gasteiger partial charge in [0.2, 0.25) is 0 Å². The summed E-state index contributed by atoms with van der Waals surface area (Å²) < 4.78 is 1.87. The van der Waals surface area contributed by atoms with Gasteiger partial charge < -0.3 is 5.32 Å². The second-order valence-electron chi connectivity index (χ2n) is 6.04. The van der Waals surface area contributed by atoms with E-state index in [1.807, 2.05) is 54.0 Å². The molecular weight excluding hydrogens is 322 g/mol. The molecule has 0 saturated carbocycles. The van der Waals surface area contributed by atoms with E-state index in [0.717, 1.165) is 39.5 Å². The van der Waals surface area contributed by atoms with Crippen LogP contribution in [0.15, 0.2) is 73.7 Å². The largest absolute Gasteiger partial charge is 0.340 e. The van der Waals surface area contributed by atoms with Crippen LogP contribution in [0.1, 0.15) is 11.3 Å². The number of nitrogens with one attached hydrogen (secondary N) is 1. The smallest absolute Gasteiger partial charge is 0.165 e. The van der Waals surface area contributed by atoms with Crippen molar-refractivity contribution in [2.45, 2.75) is 13.3 Å². The average Bonchev–Trinajstić information content (AvgIpc) is 3.09. The van der Waals surface area contributed by atoms with Gasteiger partial charge in [0.15, 0.2) is 5.65 Å². The van der Waals surface area contributed by atoms with Crippen molar-refractivity contribution in [2.24, 2.45) is 0 Å². The van der Waals surface area contributed by atoms with Gasteiger partial charge in [-0.05, 0) is 31.0 Å². The number of aromatic nitrogens is 4. The number of allylic oxidation sites excluding steroid dienone is 1. The van der Waals surface area contributed by atoms with Gasteiger partial charge in [0.1, 0.15) is 5.82 Å². The van der Waals surface area contributed by atoms with Gasteiger partial charge in [-0.25, -0.2) is 4.98 Å². The van der Waals surface area contributed by atoms with E-state index >= 15 is 0 Å². The Bertz CT molecular complexity index is 1050. The van der Waals surface area contributed by atoms with Crippen LogP contribution in [0, 0.1) is 6.92 Å². The second-order valence-corrected chi connectivity index (χ2v) is 6.04. The third-order valence-electron chi connectivity index (χ3n) is 4.33. The van der Waals surface area contributed by atoms with E-state index in [9.17, 15) is 0 Å². The topological polar surface area (TPSA) is 55.1 Å². The molecule has 5 nitrogen and oxygen atoms in total. The van der Waals surface area contributed by atoms with Crippen molar-refractivity contribution in [3.8, 4) is 11.1 Å². The summed E-state index contributed by atoms with van der Waals surface area (Å²) in [4.78, 5) is 8.91. The number of nitrogens with zero attached hydrogens (tertiary/aromatic N) is 4. The molecule has 0 atom stereocenters. The molecule has 0 radical (unpaired) electrons. The molecule has 0 spiro atoms. The van der Waals surface area contributed by atoms with Crippen molar-refractivity contribution < 1.29 is 0 Å². The normalized spacial score (nSPS) is 10.8. The van der Waals surface area contributed by atoms with E-state index < -0.39 is 0 Å². The minimum absolute atomic E-state index is 0.711. The van der Waals surface area contributed by atoms with Crippen LogP contribution >= 0.6 is 0 Å². The van der Waals surface area contributed by atoms with Crippen LogP contribution in [0.4, 0.5) is 11.5 Å². The van der Waals surface area contributed by atoms with Gasteiger partial charge in [0.05, 0.1) is 6.20 Å². The molecule has 3 heterocycles. The highest BCUT2D eigenvalue weighted by molar-refractivity contribution is 5.79. The predicted molar refractivity (Wildman–Crippen MR) is 105 cm³/mol. The lowest BCUT2D eigenvalue weighted by Gasteiger charge is -2.15. The Morgan fingerprint density at radius 3 is 2.62 bits per heavy atom. The molecule has 0 aliphatic carbocycles. The zero-order valence-electron chi connectivity index (χ0n) is 14.6. The minimum atomic E-state index is 0.711. The first-order valence-electron chi connectivity index (χ1n) is 8.48. The zero-order chi connectivity index (χ0) is 17.9. The van der Waals surface area contributed by atoms with E-state index in [1.54, 1.807) is 12.4 Å². The quantitative estimate of drug-likeness (QED) is 0.540. The first kappa shape index (κ1) is 16.0. The number of anilines is 2. The van der Waals surface area contributed by atoms with Crippen LogP contribution in [0.3, 0.4) is 0 Å². The first-order valence-corrected chi connectivity index (χ1v) is 8.48. The third kappa shape index (κ3) is 2.84. The van der Waals surface area contributed by atoms with E-state index in [-0.39, 0.29) is 0 Å². The number of hydrogen-bond acceptors (Lipinski definition) is 4. The monoisotopic (exact) mass is 341 g/mol. The number of pyridine rings is 1. The zero-order valence-corrected chi connectivity index (χ0v) is 14.6. The van der Waals surface area contributed by atoms with Crippen molar-refractivity contribution in [3.05, 3.63) is 85.0 Å². The number of fused-ring (bicyclic) bond motifs is 1. The average molecular weight is 341 g/mol. The van der Waals surface area contributed by atoms with Gasteiger partial charge >= 0.3 is 0 Å². The molecule has 1 aromatic carbocycles. The molecule has 1 N–H and O–H groups in total. The molecule has 0 amide bonds. The first-order chi connectivity index (χ1) is 12.8. The number of aryl methyl sites for hydroxylation is 1. The van der Waals surface area contributed by atoms with Crippen LogP contribution in [-0.4, -0.2) is 19.6 Å². The SMILES string of the molecule is C=CCc1c(C)nc2c(-c3ccccc3)cnn2c1Nc1ccncc1. The third-order valence-corrected chi connectivity index (χ3v) is 4.33. The van der Waals surface area contributed by atoms with E-state index in [0.29, 0.717) is 6.42 Å². The fraction of sp³-hybridized carbons (Fsp3) is 0.0952. The molecule has 26 heavy (non-hydrogen) atoms. The molecule has 3 aromatic heterocycles. The highest BCUT2D eigenvalue weighted by atomic mass is 15.3. The summed E-state index contributed by atoms with van der Waals surface area (Å²) in [5.74, 6) is 0.904. The summed E-state index contributed by atoms with van der Waals surface area (Å²) in [6, 6.07) is 14.1. The molecule has 5 heteroatoms. The van der Waals surface area contributed by atoms with Gasteiger partial charge in [-0.1, -0.05) is 36.4 Å². The van der Waals surface area contributed by atoms with Crippen LogP contribution < -0.4 is 5.32 Å². The summed E-state index contributed by atoms with van der Waals surface area (Å²) in [5, 5.41) is 8.10. The number of rotatable bonds is 5. The molecule has 0 saturated heterocycles. The highest BCUT2D eigenvalue weighted by Gasteiger charge is 2.17. The molecule has 0 aliphatic rings.